The first kappa shape index (κ1) is 21.9. The molecule has 0 fully saturated rings. The fourth-order valence-corrected chi connectivity index (χ4v) is 5.40. The van der Waals surface area contributed by atoms with Crippen LogP contribution in [0.1, 0.15) is 5.56 Å². The van der Waals surface area contributed by atoms with Crippen molar-refractivity contribution in [2.75, 3.05) is 6.16 Å². The highest BCUT2D eigenvalue weighted by Gasteiger charge is 2.30. The summed E-state index contributed by atoms with van der Waals surface area (Å²) < 4.78 is 13.9. The molecule has 6 nitrogen and oxygen atoms in total. The number of phenols is 2. The van der Waals surface area contributed by atoms with Gasteiger partial charge >= 0.3 is 0 Å². The smallest absolute Gasteiger partial charge is 0.248 e. The quantitative estimate of drug-likeness (QED) is 0.294. The van der Waals surface area contributed by atoms with Crippen LogP contribution in [0, 0.1) is 0 Å². The lowest BCUT2D eigenvalue weighted by atomic mass is 10.2. The Morgan fingerprint density at radius 3 is 1.97 bits per heavy atom. The second-order valence-electron chi connectivity index (χ2n) is 6.39. The lowest BCUT2D eigenvalue weighted by molar-refractivity contribution is -0.118. The normalized spacial score (nSPS) is 11.5. The molecule has 0 atom stereocenters. The number of halogens is 2. The van der Waals surface area contributed by atoms with Gasteiger partial charge in [-0.05, 0) is 60.7 Å². The van der Waals surface area contributed by atoms with Crippen molar-refractivity contribution in [1.29, 1.82) is 0 Å². The van der Waals surface area contributed by atoms with Gasteiger partial charge in [-0.1, -0.05) is 23.2 Å². The van der Waals surface area contributed by atoms with Crippen LogP contribution in [0.4, 0.5) is 0 Å². The van der Waals surface area contributed by atoms with Gasteiger partial charge in [0.2, 0.25) is 5.91 Å². The molecule has 3 aromatic rings. The van der Waals surface area contributed by atoms with E-state index in [1.54, 1.807) is 48.5 Å². The molecule has 3 rings (SSSR count). The fourth-order valence-electron chi connectivity index (χ4n) is 2.75. The van der Waals surface area contributed by atoms with Gasteiger partial charge in [0.05, 0.1) is 12.4 Å². The van der Waals surface area contributed by atoms with Crippen LogP contribution < -0.4 is 16.0 Å². The first-order chi connectivity index (χ1) is 14.3. The Morgan fingerprint density at radius 2 is 1.47 bits per heavy atom. The van der Waals surface area contributed by atoms with Crippen molar-refractivity contribution in [3.05, 3.63) is 82.3 Å². The summed E-state index contributed by atoms with van der Waals surface area (Å²) in [6.07, 6.45) is 0.900. The predicted molar refractivity (Wildman–Crippen MR) is 120 cm³/mol. The topological polar surface area (TPSA) is 99.0 Å². The van der Waals surface area contributed by atoms with Crippen molar-refractivity contribution in [3.63, 3.8) is 0 Å². The average molecular weight is 463 g/mol. The van der Waals surface area contributed by atoms with E-state index in [1.165, 1.54) is 18.3 Å². The molecule has 0 aliphatic carbocycles. The van der Waals surface area contributed by atoms with Crippen molar-refractivity contribution < 1.29 is 19.6 Å². The molecule has 154 valence electrons. The van der Waals surface area contributed by atoms with Crippen LogP contribution >= 0.6 is 30.3 Å². The summed E-state index contributed by atoms with van der Waals surface area (Å²) in [4.78, 5) is 12.5. The number of aromatic hydroxyl groups is 2. The Bertz CT molecular complexity index is 1080. The highest BCUT2D eigenvalue weighted by Crippen LogP contribution is 2.43. The predicted octanol–water partition coefficient (Wildman–Crippen LogP) is 3.87. The minimum Gasteiger partial charge on any atom is -0.508 e. The van der Waals surface area contributed by atoms with Crippen LogP contribution in [0.25, 0.3) is 0 Å². The standard InChI is InChI=1S/C21H17Cl2N2O4P/c22-15-2-7-18(8-3-15)30(29,19-9-4-16(23)5-10-19)13-21(28)25-24-12-14-1-6-17(26)11-20(14)27/h1-12,26-27H,13H2,(H,25,28)/b24-12+. The Kier molecular flexibility index (Phi) is 6.83. The van der Waals surface area contributed by atoms with Crippen molar-refractivity contribution in [3.8, 4) is 11.5 Å². The first-order valence-electron chi connectivity index (χ1n) is 8.73. The van der Waals surface area contributed by atoms with Gasteiger partial charge in [-0.3, -0.25) is 4.79 Å². The van der Waals surface area contributed by atoms with E-state index >= 15 is 0 Å². The zero-order valence-corrected chi connectivity index (χ0v) is 17.9. The Morgan fingerprint density at radius 1 is 0.933 bits per heavy atom. The lowest BCUT2D eigenvalue weighted by Crippen LogP contribution is -2.28. The number of hydrogen-bond acceptors (Lipinski definition) is 5. The number of phenolic OH excluding ortho intramolecular Hbond substituents is 2. The van der Waals surface area contributed by atoms with Crippen molar-refractivity contribution >= 4 is 53.1 Å². The lowest BCUT2D eigenvalue weighted by Gasteiger charge is -2.18. The number of nitrogens with one attached hydrogen (secondary N) is 1. The zero-order chi connectivity index (χ0) is 21.7. The summed E-state index contributed by atoms with van der Waals surface area (Å²) >= 11 is 11.9. The second-order valence-corrected chi connectivity index (χ2v) is 10.1. The van der Waals surface area contributed by atoms with E-state index in [9.17, 15) is 19.6 Å². The molecule has 3 N–H and O–H groups in total. The number of benzene rings is 3. The Balaban J connectivity index is 1.83. The molecule has 0 spiro atoms. The highest BCUT2D eigenvalue weighted by molar-refractivity contribution is 7.79. The molecule has 1 amide bonds. The maximum atomic E-state index is 13.9. The van der Waals surface area contributed by atoms with Crippen molar-refractivity contribution in [1.82, 2.24) is 5.43 Å². The molecule has 9 heteroatoms. The third kappa shape index (κ3) is 5.22. The number of hydrogen-bond donors (Lipinski definition) is 3. The fraction of sp³-hybridized carbons (Fsp3) is 0.0476. The molecule has 0 aliphatic heterocycles. The molecule has 0 saturated carbocycles. The van der Waals surface area contributed by atoms with E-state index in [1.807, 2.05) is 0 Å². The molecular weight excluding hydrogens is 446 g/mol. The summed E-state index contributed by atoms with van der Waals surface area (Å²) in [5.41, 5.74) is 2.62. The molecule has 30 heavy (non-hydrogen) atoms. The molecule has 0 heterocycles. The number of carbonyl (C=O) groups is 1. The molecule has 0 saturated heterocycles. The number of nitrogens with zero attached hydrogens (tertiary/aromatic N) is 1. The van der Waals surface area contributed by atoms with Gasteiger partial charge in [-0.2, -0.15) is 5.10 Å². The molecule has 3 aromatic carbocycles. The van der Waals surface area contributed by atoms with Gasteiger partial charge in [-0.25, -0.2) is 5.43 Å². The van der Waals surface area contributed by atoms with Crippen LogP contribution in [-0.4, -0.2) is 28.5 Å². The van der Waals surface area contributed by atoms with Crippen LogP contribution in [0.2, 0.25) is 10.0 Å². The summed E-state index contributed by atoms with van der Waals surface area (Å²) in [6.45, 7) is 0. The summed E-state index contributed by atoms with van der Waals surface area (Å²) in [7, 11) is -3.33. The minimum atomic E-state index is -3.33. The Labute approximate surface area is 183 Å². The first-order valence-corrected chi connectivity index (χ1v) is 11.4. The molecule has 0 aliphatic rings. The molecule has 0 radical (unpaired) electrons. The maximum Gasteiger partial charge on any atom is 0.248 e. The van der Waals surface area contributed by atoms with Crippen LogP contribution in [0.5, 0.6) is 11.5 Å². The van der Waals surface area contributed by atoms with E-state index < -0.39 is 13.0 Å². The third-order valence-corrected chi connectivity index (χ3v) is 7.76. The highest BCUT2D eigenvalue weighted by atomic mass is 35.5. The van der Waals surface area contributed by atoms with E-state index in [0.717, 1.165) is 6.07 Å². The van der Waals surface area contributed by atoms with Gasteiger partial charge in [0.25, 0.3) is 0 Å². The number of rotatable bonds is 6. The van der Waals surface area contributed by atoms with Gasteiger partial charge in [0.15, 0.2) is 7.14 Å². The summed E-state index contributed by atoms with van der Waals surface area (Å²) in [6, 6.07) is 16.9. The number of amides is 1. The minimum absolute atomic E-state index is 0.0967. The SMILES string of the molecule is O=C(CP(=O)(c1ccc(Cl)cc1)c1ccc(Cl)cc1)N/N=C/c1ccc(O)cc1O. The summed E-state index contributed by atoms with van der Waals surface area (Å²) in [5.74, 6) is -0.862. The number of carbonyl (C=O) groups excluding carboxylic acids is 1. The van der Waals surface area contributed by atoms with Crippen molar-refractivity contribution in [2.45, 2.75) is 0 Å². The van der Waals surface area contributed by atoms with Gasteiger partial charge in [0, 0.05) is 32.3 Å². The van der Waals surface area contributed by atoms with Crippen molar-refractivity contribution in [2.24, 2.45) is 5.10 Å². The van der Waals surface area contributed by atoms with Gasteiger partial charge in [-0.15, -0.1) is 0 Å². The van der Waals surface area contributed by atoms with Crippen LogP contribution in [0.15, 0.2) is 71.8 Å². The Hall–Kier alpha value is -2.79. The molecule has 0 unspecified atom stereocenters. The van der Waals surface area contributed by atoms with Crippen LogP contribution in [0.3, 0.4) is 0 Å². The molecular formula is C21H17Cl2N2O4P. The molecule has 0 bridgehead atoms. The van der Waals surface area contributed by atoms with E-state index in [2.05, 4.69) is 10.5 Å². The van der Waals surface area contributed by atoms with Crippen LogP contribution in [-0.2, 0) is 9.36 Å². The van der Waals surface area contributed by atoms with E-state index in [-0.39, 0.29) is 17.7 Å². The van der Waals surface area contributed by atoms with Gasteiger partial charge < -0.3 is 14.8 Å². The van der Waals surface area contributed by atoms with E-state index in [4.69, 9.17) is 23.2 Å². The third-order valence-electron chi connectivity index (χ3n) is 4.26. The molecule has 0 aromatic heterocycles. The van der Waals surface area contributed by atoms with E-state index in [0.29, 0.717) is 26.2 Å². The van der Waals surface area contributed by atoms with Gasteiger partial charge in [0.1, 0.15) is 11.5 Å². The summed E-state index contributed by atoms with van der Waals surface area (Å²) in [5, 5.41) is 24.8. The zero-order valence-electron chi connectivity index (χ0n) is 15.5. The maximum absolute atomic E-state index is 13.9. The average Bonchev–Trinajstić information content (AvgIpc) is 2.70. The monoisotopic (exact) mass is 462 g/mol. The number of hydrazone groups is 1. The largest absolute Gasteiger partial charge is 0.508 e. The second kappa shape index (κ2) is 9.35.